The highest BCUT2D eigenvalue weighted by molar-refractivity contribution is 7.91. The summed E-state index contributed by atoms with van der Waals surface area (Å²) in [6.45, 7) is 7.99. The Kier molecular flexibility index (Phi) is 6.31. The smallest absolute Gasteiger partial charge is 0.224 e. The third-order valence-corrected chi connectivity index (χ3v) is 6.17. The molecule has 6 heteroatoms. The maximum Gasteiger partial charge on any atom is 0.224 e. The molecule has 2 N–H and O–H groups in total. The van der Waals surface area contributed by atoms with E-state index in [2.05, 4.69) is 38.2 Å². The molecule has 0 spiro atoms. The minimum Gasteiger partial charge on any atom is -0.506 e. The van der Waals surface area contributed by atoms with Crippen LogP contribution in [0.15, 0.2) is 47.4 Å². The van der Waals surface area contributed by atoms with E-state index in [1.165, 1.54) is 23.8 Å². The molecule has 0 aromatic heterocycles. The van der Waals surface area contributed by atoms with E-state index in [9.17, 15) is 18.3 Å². The van der Waals surface area contributed by atoms with Crippen LogP contribution in [0.2, 0.25) is 0 Å². The van der Waals surface area contributed by atoms with Crippen molar-refractivity contribution in [1.82, 2.24) is 0 Å². The number of aryl methyl sites for hydroxylation is 1. The molecule has 2 aromatic carbocycles. The zero-order chi connectivity index (χ0) is 20.2. The van der Waals surface area contributed by atoms with Crippen LogP contribution in [-0.2, 0) is 26.5 Å². The van der Waals surface area contributed by atoms with Gasteiger partial charge in [-0.2, -0.15) is 0 Å². The molecule has 0 aliphatic carbocycles. The lowest BCUT2D eigenvalue weighted by Gasteiger charge is -2.19. The fraction of sp³-hybridized carbons (Fsp3) is 0.381. The second-order valence-corrected chi connectivity index (χ2v) is 9.86. The number of nitrogens with one attached hydrogen (secondary N) is 1. The summed E-state index contributed by atoms with van der Waals surface area (Å²) in [6, 6.07) is 12.1. The molecule has 0 atom stereocenters. The second kappa shape index (κ2) is 8.13. The Morgan fingerprint density at radius 1 is 1.07 bits per heavy atom. The van der Waals surface area contributed by atoms with Crippen LogP contribution in [-0.4, -0.2) is 25.2 Å². The third-order valence-electron chi connectivity index (χ3n) is 4.44. The number of anilines is 1. The van der Waals surface area contributed by atoms with Gasteiger partial charge >= 0.3 is 0 Å². The average molecular weight is 390 g/mol. The zero-order valence-electron chi connectivity index (χ0n) is 16.2. The number of benzene rings is 2. The van der Waals surface area contributed by atoms with E-state index in [0.717, 1.165) is 5.56 Å². The lowest BCUT2D eigenvalue weighted by atomic mass is 9.86. The van der Waals surface area contributed by atoms with Crippen molar-refractivity contribution in [2.75, 3.05) is 11.1 Å². The van der Waals surface area contributed by atoms with Crippen LogP contribution in [0.25, 0.3) is 0 Å². The molecule has 0 bridgehead atoms. The Bertz CT molecular complexity index is 910. The minimum atomic E-state index is -3.41. The monoisotopic (exact) mass is 389 g/mol. The summed E-state index contributed by atoms with van der Waals surface area (Å²) >= 11 is 0. The molecule has 1 amide bonds. The molecule has 0 saturated carbocycles. The summed E-state index contributed by atoms with van der Waals surface area (Å²) in [5, 5.41) is 12.5. The number of phenols is 1. The first-order chi connectivity index (χ1) is 12.5. The van der Waals surface area contributed by atoms with Crippen molar-refractivity contribution >= 4 is 21.4 Å². The molecule has 0 fully saturated rings. The molecule has 146 valence electrons. The highest BCUT2D eigenvalue weighted by Gasteiger charge is 2.16. The van der Waals surface area contributed by atoms with Gasteiger partial charge in [-0.1, -0.05) is 52.0 Å². The fourth-order valence-electron chi connectivity index (χ4n) is 2.62. The predicted molar refractivity (Wildman–Crippen MR) is 108 cm³/mol. The van der Waals surface area contributed by atoms with Crippen molar-refractivity contribution in [3.8, 4) is 5.75 Å². The number of carbonyl (C=O) groups is 1. The van der Waals surface area contributed by atoms with Gasteiger partial charge in [0.2, 0.25) is 5.91 Å². The molecule has 0 heterocycles. The standard InChI is InChI=1S/C21H27NO4S/c1-5-27(25,26)17-11-12-19(23)18(14-17)22-20(24)13-8-15-6-9-16(10-7-15)21(2,3)4/h6-7,9-12,14,23H,5,8,13H2,1-4H3,(H,22,24). The van der Waals surface area contributed by atoms with Crippen molar-refractivity contribution < 1.29 is 18.3 Å². The van der Waals surface area contributed by atoms with Crippen LogP contribution < -0.4 is 5.32 Å². The van der Waals surface area contributed by atoms with Crippen molar-refractivity contribution in [3.63, 3.8) is 0 Å². The first-order valence-electron chi connectivity index (χ1n) is 8.98. The molecule has 0 radical (unpaired) electrons. The van der Waals surface area contributed by atoms with Crippen LogP contribution in [0.5, 0.6) is 5.75 Å². The van der Waals surface area contributed by atoms with E-state index in [0.29, 0.717) is 6.42 Å². The summed E-state index contributed by atoms with van der Waals surface area (Å²) in [7, 11) is -3.41. The van der Waals surface area contributed by atoms with Crippen LogP contribution in [0.3, 0.4) is 0 Å². The Hall–Kier alpha value is -2.34. The third kappa shape index (κ3) is 5.57. The Morgan fingerprint density at radius 3 is 2.26 bits per heavy atom. The summed E-state index contributed by atoms with van der Waals surface area (Å²) < 4.78 is 23.9. The van der Waals surface area contributed by atoms with Gasteiger partial charge in [0.05, 0.1) is 16.3 Å². The minimum absolute atomic E-state index is 0.0459. The molecule has 2 aromatic rings. The summed E-state index contributed by atoms with van der Waals surface area (Å²) in [5.74, 6) is -0.486. The number of phenolic OH excluding ortho intramolecular Hbond substituents is 1. The normalized spacial score (nSPS) is 12.0. The summed E-state index contributed by atoms with van der Waals surface area (Å²) in [6.07, 6.45) is 0.795. The molecule has 0 aliphatic heterocycles. The largest absolute Gasteiger partial charge is 0.506 e. The quantitative estimate of drug-likeness (QED) is 0.730. The Labute approximate surface area is 161 Å². The second-order valence-electron chi connectivity index (χ2n) is 7.58. The van der Waals surface area contributed by atoms with Gasteiger partial charge in [0.1, 0.15) is 5.75 Å². The predicted octanol–water partition coefficient (Wildman–Crippen LogP) is 4.05. The van der Waals surface area contributed by atoms with Gasteiger partial charge in [-0.25, -0.2) is 8.42 Å². The fourth-order valence-corrected chi connectivity index (χ4v) is 3.52. The van der Waals surface area contributed by atoms with Crippen LogP contribution in [0.4, 0.5) is 5.69 Å². The number of hydrogen-bond donors (Lipinski definition) is 2. The Balaban J connectivity index is 2.03. The zero-order valence-corrected chi connectivity index (χ0v) is 17.1. The molecule has 0 aliphatic rings. The van der Waals surface area contributed by atoms with Gasteiger partial charge in [-0.3, -0.25) is 4.79 Å². The molecule has 2 rings (SSSR count). The van der Waals surface area contributed by atoms with Gasteiger partial charge in [-0.05, 0) is 41.2 Å². The maximum absolute atomic E-state index is 12.2. The van der Waals surface area contributed by atoms with Gasteiger partial charge in [0, 0.05) is 6.42 Å². The van der Waals surface area contributed by atoms with E-state index in [1.54, 1.807) is 6.92 Å². The van der Waals surface area contributed by atoms with Crippen LogP contribution in [0.1, 0.15) is 45.2 Å². The highest BCUT2D eigenvalue weighted by atomic mass is 32.2. The molecular weight excluding hydrogens is 362 g/mol. The van der Waals surface area contributed by atoms with Gasteiger partial charge in [0.15, 0.2) is 9.84 Å². The number of carbonyl (C=O) groups excluding carboxylic acids is 1. The average Bonchev–Trinajstić information content (AvgIpc) is 2.61. The maximum atomic E-state index is 12.2. The van der Waals surface area contributed by atoms with E-state index in [4.69, 9.17) is 0 Å². The number of sulfone groups is 1. The van der Waals surface area contributed by atoms with Gasteiger partial charge in [0.25, 0.3) is 0 Å². The van der Waals surface area contributed by atoms with Crippen molar-refractivity contribution in [2.24, 2.45) is 0 Å². The molecule has 0 unspecified atom stereocenters. The number of amides is 1. The number of aromatic hydroxyl groups is 1. The van der Waals surface area contributed by atoms with E-state index in [-0.39, 0.29) is 39.8 Å². The van der Waals surface area contributed by atoms with Crippen molar-refractivity contribution in [1.29, 1.82) is 0 Å². The first kappa shape index (κ1) is 21.0. The summed E-state index contributed by atoms with van der Waals surface area (Å²) in [4.78, 5) is 12.3. The lowest BCUT2D eigenvalue weighted by Crippen LogP contribution is -2.14. The molecule has 0 saturated heterocycles. The van der Waals surface area contributed by atoms with E-state index < -0.39 is 9.84 Å². The van der Waals surface area contributed by atoms with E-state index >= 15 is 0 Å². The van der Waals surface area contributed by atoms with Crippen molar-refractivity contribution in [3.05, 3.63) is 53.6 Å². The lowest BCUT2D eigenvalue weighted by molar-refractivity contribution is -0.116. The van der Waals surface area contributed by atoms with Crippen LogP contribution >= 0.6 is 0 Å². The van der Waals surface area contributed by atoms with E-state index in [1.807, 2.05) is 12.1 Å². The SMILES string of the molecule is CCS(=O)(=O)c1ccc(O)c(NC(=O)CCc2ccc(C(C)(C)C)cc2)c1. The van der Waals surface area contributed by atoms with Crippen LogP contribution in [0, 0.1) is 0 Å². The molecule has 5 nitrogen and oxygen atoms in total. The number of hydrogen-bond acceptors (Lipinski definition) is 4. The molecular formula is C21H27NO4S. The highest BCUT2D eigenvalue weighted by Crippen LogP contribution is 2.27. The topological polar surface area (TPSA) is 83.5 Å². The molecule has 27 heavy (non-hydrogen) atoms. The van der Waals surface area contributed by atoms with Gasteiger partial charge in [-0.15, -0.1) is 0 Å². The number of rotatable bonds is 6. The summed E-state index contributed by atoms with van der Waals surface area (Å²) in [5.41, 5.74) is 2.47. The van der Waals surface area contributed by atoms with Crippen molar-refractivity contribution in [2.45, 2.75) is 50.8 Å². The van der Waals surface area contributed by atoms with Gasteiger partial charge < -0.3 is 10.4 Å². The Morgan fingerprint density at radius 2 is 1.70 bits per heavy atom. The first-order valence-corrected chi connectivity index (χ1v) is 10.6.